The number of rotatable bonds is 5. The van der Waals surface area contributed by atoms with Gasteiger partial charge in [-0.15, -0.1) is 0 Å². The molecule has 0 spiro atoms. The molecule has 0 aliphatic rings. The largest absolute Gasteiger partial charge is 0.508 e. The van der Waals surface area contributed by atoms with Crippen molar-refractivity contribution in [2.45, 2.75) is 101 Å². The zero-order valence-corrected chi connectivity index (χ0v) is 24.5. The summed E-state index contributed by atoms with van der Waals surface area (Å²) in [5.41, 5.74) is -3.10. The SMILES string of the molecule is CC(C)(C)CC(C(=O)O)(C(C)(C)C)C(F)(F)F.CC(C)C(CC(C)(C)C)c1ccc2cc(O)ccc2c1. The van der Waals surface area contributed by atoms with E-state index in [0.717, 1.165) is 5.39 Å². The predicted octanol–water partition coefficient (Wildman–Crippen LogP) is 9.82. The van der Waals surface area contributed by atoms with E-state index in [1.807, 2.05) is 12.1 Å². The smallest absolute Gasteiger partial charge is 0.405 e. The van der Waals surface area contributed by atoms with Gasteiger partial charge in [0, 0.05) is 0 Å². The van der Waals surface area contributed by atoms with Crippen molar-refractivity contribution < 1.29 is 28.2 Å². The number of aliphatic carboxylic acids is 1. The summed E-state index contributed by atoms with van der Waals surface area (Å²) < 4.78 is 39.8. The maximum absolute atomic E-state index is 13.3. The quantitative estimate of drug-likeness (QED) is 0.409. The number of benzene rings is 2. The molecule has 0 heterocycles. The van der Waals surface area contributed by atoms with Gasteiger partial charge in [0.25, 0.3) is 0 Å². The summed E-state index contributed by atoms with van der Waals surface area (Å²) >= 11 is 0. The van der Waals surface area contributed by atoms with Crippen molar-refractivity contribution in [3.05, 3.63) is 42.0 Å². The van der Waals surface area contributed by atoms with Gasteiger partial charge in [0.15, 0.2) is 5.41 Å². The van der Waals surface area contributed by atoms with Crippen LogP contribution < -0.4 is 0 Å². The first-order chi connectivity index (χ1) is 16.4. The molecule has 3 nitrogen and oxygen atoms in total. The Morgan fingerprint density at radius 1 is 0.811 bits per heavy atom. The zero-order valence-electron chi connectivity index (χ0n) is 24.5. The Labute approximate surface area is 221 Å². The second-order valence-electron chi connectivity index (χ2n) is 14.1. The van der Waals surface area contributed by atoms with Gasteiger partial charge in [0.2, 0.25) is 0 Å². The number of alkyl halides is 3. The Morgan fingerprint density at radius 2 is 1.30 bits per heavy atom. The molecule has 210 valence electrons. The zero-order chi connectivity index (χ0) is 29.2. The first kappa shape index (κ1) is 32.8. The fraction of sp³-hybridized carbons (Fsp3) is 0.645. The molecule has 0 aliphatic heterocycles. The third-order valence-corrected chi connectivity index (χ3v) is 6.84. The molecule has 2 atom stereocenters. The summed E-state index contributed by atoms with van der Waals surface area (Å²) in [5, 5.41) is 21.0. The molecule has 0 aromatic heterocycles. The minimum absolute atomic E-state index is 0.332. The molecule has 0 aliphatic carbocycles. The predicted molar refractivity (Wildman–Crippen MR) is 147 cm³/mol. The minimum atomic E-state index is -4.77. The number of phenolic OH excluding ortho intramolecular Hbond substituents is 1. The molecule has 37 heavy (non-hydrogen) atoms. The fourth-order valence-corrected chi connectivity index (χ4v) is 4.98. The lowest BCUT2D eigenvalue weighted by Gasteiger charge is -2.45. The van der Waals surface area contributed by atoms with Crippen LogP contribution in [0.5, 0.6) is 5.75 Å². The van der Waals surface area contributed by atoms with Crippen molar-refractivity contribution in [1.82, 2.24) is 0 Å². The number of phenols is 1. The van der Waals surface area contributed by atoms with Gasteiger partial charge in [-0.2, -0.15) is 13.2 Å². The van der Waals surface area contributed by atoms with Gasteiger partial charge in [-0.05, 0) is 69.4 Å². The molecule has 0 fully saturated rings. The maximum Gasteiger partial charge on any atom is 0.405 e. The van der Waals surface area contributed by atoms with Gasteiger partial charge in [-0.3, -0.25) is 4.79 Å². The van der Waals surface area contributed by atoms with Gasteiger partial charge in [0.05, 0.1) is 0 Å². The van der Waals surface area contributed by atoms with Crippen molar-refractivity contribution >= 4 is 16.7 Å². The highest BCUT2D eigenvalue weighted by atomic mass is 19.4. The third-order valence-electron chi connectivity index (χ3n) is 6.84. The van der Waals surface area contributed by atoms with E-state index in [2.05, 4.69) is 52.8 Å². The standard InChI is InChI=1S/C19H26O.C12H21F3O2/c1-13(2)18(12-19(3,4)5)16-7-6-15-11-17(20)9-8-14(15)10-16;1-9(2,3)7-11(8(16)17,10(4,5)6)12(13,14)15/h6-11,13,18,20H,12H2,1-5H3;7H2,1-6H3,(H,16,17). The van der Waals surface area contributed by atoms with Crippen LogP contribution in [0.25, 0.3) is 10.8 Å². The van der Waals surface area contributed by atoms with Crippen LogP contribution in [-0.2, 0) is 4.79 Å². The molecule has 0 amide bonds. The third kappa shape index (κ3) is 8.65. The highest BCUT2D eigenvalue weighted by Gasteiger charge is 2.67. The van der Waals surface area contributed by atoms with Gasteiger partial charge < -0.3 is 10.2 Å². The number of carboxylic acids is 1. The second-order valence-corrected chi connectivity index (χ2v) is 14.1. The summed E-state index contributed by atoms with van der Waals surface area (Å²) in [5.74, 6) is -0.259. The van der Waals surface area contributed by atoms with Gasteiger partial charge in [0.1, 0.15) is 5.75 Å². The fourth-order valence-electron chi connectivity index (χ4n) is 4.98. The maximum atomic E-state index is 13.3. The number of carboxylic acid groups (broad SMARTS) is 1. The van der Waals surface area contributed by atoms with Crippen LogP contribution in [0, 0.1) is 27.6 Å². The van der Waals surface area contributed by atoms with E-state index in [0.29, 0.717) is 23.0 Å². The van der Waals surface area contributed by atoms with E-state index in [-0.39, 0.29) is 0 Å². The van der Waals surface area contributed by atoms with Crippen molar-refractivity contribution in [3.63, 3.8) is 0 Å². The van der Waals surface area contributed by atoms with Crippen molar-refractivity contribution in [3.8, 4) is 5.75 Å². The highest BCUT2D eigenvalue weighted by molar-refractivity contribution is 5.84. The van der Waals surface area contributed by atoms with Gasteiger partial charge >= 0.3 is 12.1 Å². The Morgan fingerprint density at radius 3 is 1.65 bits per heavy atom. The van der Waals surface area contributed by atoms with Crippen LogP contribution in [0.15, 0.2) is 36.4 Å². The van der Waals surface area contributed by atoms with Crippen LogP contribution in [0.1, 0.15) is 100 Å². The molecule has 0 saturated carbocycles. The highest BCUT2D eigenvalue weighted by Crippen LogP contribution is 2.56. The average molecular weight is 525 g/mol. The number of hydrogen-bond donors (Lipinski definition) is 2. The van der Waals surface area contributed by atoms with Gasteiger partial charge in [-0.1, -0.05) is 100 Å². The van der Waals surface area contributed by atoms with Crippen LogP contribution >= 0.6 is 0 Å². The Kier molecular flexibility index (Phi) is 9.97. The molecular formula is C31H47F3O3. The van der Waals surface area contributed by atoms with E-state index in [4.69, 9.17) is 5.11 Å². The van der Waals surface area contributed by atoms with Crippen molar-refractivity contribution in [1.29, 1.82) is 0 Å². The Hall–Kier alpha value is -2.24. The number of halogens is 3. The summed E-state index contributed by atoms with van der Waals surface area (Å²) in [6.07, 6.45) is -4.03. The lowest BCUT2D eigenvalue weighted by Crippen LogP contribution is -2.55. The summed E-state index contributed by atoms with van der Waals surface area (Å²) in [6.45, 7) is 20.3. The van der Waals surface area contributed by atoms with E-state index in [9.17, 15) is 23.1 Å². The molecular weight excluding hydrogens is 477 g/mol. The average Bonchev–Trinajstić information content (AvgIpc) is 2.67. The minimum Gasteiger partial charge on any atom is -0.508 e. The van der Waals surface area contributed by atoms with E-state index in [1.165, 1.54) is 38.1 Å². The Bertz CT molecular complexity index is 1030. The molecule has 6 heteroatoms. The number of hydrogen-bond acceptors (Lipinski definition) is 2. The van der Waals surface area contributed by atoms with Crippen LogP contribution in [-0.4, -0.2) is 22.4 Å². The molecule has 2 N–H and O–H groups in total. The van der Waals surface area contributed by atoms with Crippen molar-refractivity contribution in [2.75, 3.05) is 0 Å². The lowest BCUT2D eigenvalue weighted by atomic mass is 9.59. The number of aromatic hydroxyl groups is 1. The Balaban J connectivity index is 0.000000377. The molecule has 2 aromatic rings. The molecule has 0 bridgehead atoms. The molecule has 2 rings (SSSR count). The summed E-state index contributed by atoms with van der Waals surface area (Å²) in [6, 6.07) is 12.2. The van der Waals surface area contributed by atoms with Crippen molar-refractivity contribution in [2.24, 2.45) is 27.6 Å². The normalized spacial score (nSPS) is 15.6. The molecule has 0 saturated heterocycles. The van der Waals surface area contributed by atoms with Crippen LogP contribution in [0.2, 0.25) is 0 Å². The topological polar surface area (TPSA) is 57.5 Å². The van der Waals surface area contributed by atoms with E-state index < -0.39 is 34.8 Å². The monoisotopic (exact) mass is 524 g/mol. The second kappa shape index (κ2) is 11.2. The molecule has 2 unspecified atom stereocenters. The first-order valence-electron chi connectivity index (χ1n) is 12.9. The van der Waals surface area contributed by atoms with Crippen LogP contribution in [0.4, 0.5) is 13.2 Å². The summed E-state index contributed by atoms with van der Waals surface area (Å²) in [4.78, 5) is 11.3. The number of fused-ring (bicyclic) bond motifs is 1. The first-order valence-corrected chi connectivity index (χ1v) is 12.9. The van der Waals surface area contributed by atoms with E-state index in [1.54, 1.807) is 26.8 Å². The van der Waals surface area contributed by atoms with Gasteiger partial charge in [-0.25, -0.2) is 0 Å². The van der Waals surface area contributed by atoms with Crippen LogP contribution in [0.3, 0.4) is 0 Å². The van der Waals surface area contributed by atoms with E-state index >= 15 is 0 Å². The summed E-state index contributed by atoms with van der Waals surface area (Å²) in [7, 11) is 0. The molecule has 0 radical (unpaired) electrons. The number of carbonyl (C=O) groups is 1. The molecule has 2 aromatic carbocycles. The lowest BCUT2D eigenvalue weighted by molar-refractivity contribution is -0.266.